The average Bonchev–Trinajstić information content (AvgIpc) is 2.75. The van der Waals surface area contributed by atoms with Crippen molar-refractivity contribution in [3.05, 3.63) is 29.3 Å². The van der Waals surface area contributed by atoms with E-state index in [0.717, 1.165) is 51.0 Å². The number of hydrogen-bond acceptors (Lipinski definition) is 3. The van der Waals surface area contributed by atoms with E-state index in [-0.39, 0.29) is 11.8 Å². The SMILES string of the molecule is Cc1ccc(NC(=O)CNCCCN2CCCCCC2=O)cc1C. The molecule has 24 heavy (non-hydrogen) atoms. The summed E-state index contributed by atoms with van der Waals surface area (Å²) in [5.74, 6) is 0.240. The number of benzene rings is 1. The number of hydrogen-bond donors (Lipinski definition) is 2. The van der Waals surface area contributed by atoms with Crippen molar-refractivity contribution in [1.29, 1.82) is 0 Å². The van der Waals surface area contributed by atoms with Crippen molar-refractivity contribution < 1.29 is 9.59 Å². The van der Waals surface area contributed by atoms with Gasteiger partial charge in [-0.25, -0.2) is 0 Å². The summed E-state index contributed by atoms with van der Waals surface area (Å²) in [6.07, 6.45) is 4.84. The normalized spacial score (nSPS) is 15.2. The summed E-state index contributed by atoms with van der Waals surface area (Å²) >= 11 is 0. The van der Waals surface area contributed by atoms with Gasteiger partial charge < -0.3 is 15.5 Å². The van der Waals surface area contributed by atoms with Gasteiger partial charge in [0.15, 0.2) is 0 Å². The molecule has 0 atom stereocenters. The molecule has 2 amide bonds. The van der Waals surface area contributed by atoms with Gasteiger partial charge in [-0.05, 0) is 62.9 Å². The van der Waals surface area contributed by atoms with Crippen LogP contribution in [0.15, 0.2) is 18.2 Å². The number of aryl methyl sites for hydroxylation is 2. The van der Waals surface area contributed by atoms with Crippen molar-refractivity contribution in [2.24, 2.45) is 0 Å². The van der Waals surface area contributed by atoms with Crippen LogP contribution in [0.5, 0.6) is 0 Å². The lowest BCUT2D eigenvalue weighted by atomic mass is 10.1. The molecule has 132 valence electrons. The first-order valence-electron chi connectivity index (χ1n) is 8.92. The molecule has 0 spiro atoms. The molecule has 1 heterocycles. The monoisotopic (exact) mass is 331 g/mol. The smallest absolute Gasteiger partial charge is 0.238 e. The highest BCUT2D eigenvalue weighted by molar-refractivity contribution is 5.92. The fourth-order valence-electron chi connectivity index (χ4n) is 2.90. The third-order valence-corrected chi connectivity index (χ3v) is 4.53. The Bertz CT molecular complexity index is 572. The number of likely N-dealkylation sites (tertiary alicyclic amines) is 1. The van der Waals surface area contributed by atoms with Crippen LogP contribution < -0.4 is 10.6 Å². The number of carbonyl (C=O) groups is 2. The predicted molar refractivity (Wildman–Crippen MR) is 97.1 cm³/mol. The lowest BCUT2D eigenvalue weighted by Crippen LogP contribution is -2.34. The van der Waals surface area contributed by atoms with Gasteiger partial charge in [-0.2, -0.15) is 0 Å². The molecule has 1 aliphatic heterocycles. The van der Waals surface area contributed by atoms with Crippen LogP contribution in [-0.2, 0) is 9.59 Å². The average molecular weight is 331 g/mol. The topological polar surface area (TPSA) is 61.4 Å². The van der Waals surface area contributed by atoms with Crippen molar-refractivity contribution in [3.8, 4) is 0 Å². The number of nitrogens with zero attached hydrogens (tertiary/aromatic N) is 1. The molecular weight excluding hydrogens is 302 g/mol. The van der Waals surface area contributed by atoms with Crippen LogP contribution in [-0.4, -0.2) is 42.9 Å². The van der Waals surface area contributed by atoms with Crippen LogP contribution >= 0.6 is 0 Å². The number of anilines is 1. The molecule has 0 unspecified atom stereocenters. The zero-order valence-electron chi connectivity index (χ0n) is 14.9. The van der Waals surface area contributed by atoms with E-state index < -0.39 is 0 Å². The van der Waals surface area contributed by atoms with Crippen LogP contribution in [0.25, 0.3) is 0 Å². The van der Waals surface area contributed by atoms with E-state index in [0.29, 0.717) is 13.0 Å². The van der Waals surface area contributed by atoms with Gasteiger partial charge in [0.05, 0.1) is 6.54 Å². The van der Waals surface area contributed by atoms with Gasteiger partial charge in [-0.15, -0.1) is 0 Å². The van der Waals surface area contributed by atoms with E-state index in [1.807, 2.05) is 30.0 Å². The van der Waals surface area contributed by atoms with E-state index >= 15 is 0 Å². The summed E-state index contributed by atoms with van der Waals surface area (Å²) in [7, 11) is 0. The van der Waals surface area contributed by atoms with Gasteiger partial charge in [-0.1, -0.05) is 12.5 Å². The van der Waals surface area contributed by atoms with Gasteiger partial charge in [-0.3, -0.25) is 9.59 Å². The Balaban J connectivity index is 1.62. The molecule has 2 rings (SSSR count). The van der Waals surface area contributed by atoms with Crippen molar-refractivity contribution in [1.82, 2.24) is 10.2 Å². The van der Waals surface area contributed by atoms with E-state index in [2.05, 4.69) is 17.6 Å². The molecule has 0 saturated carbocycles. The molecule has 5 nitrogen and oxygen atoms in total. The maximum Gasteiger partial charge on any atom is 0.238 e. The van der Waals surface area contributed by atoms with Crippen LogP contribution in [0.4, 0.5) is 5.69 Å². The van der Waals surface area contributed by atoms with E-state index in [1.54, 1.807) is 0 Å². The first-order chi connectivity index (χ1) is 11.6. The first-order valence-corrected chi connectivity index (χ1v) is 8.92. The van der Waals surface area contributed by atoms with Crippen molar-refractivity contribution in [2.75, 3.05) is 31.5 Å². The number of carbonyl (C=O) groups excluding carboxylic acids is 2. The largest absolute Gasteiger partial charge is 0.343 e. The Hall–Kier alpha value is -1.88. The van der Waals surface area contributed by atoms with Crippen LogP contribution in [0.3, 0.4) is 0 Å². The lowest BCUT2D eigenvalue weighted by Gasteiger charge is -2.20. The number of nitrogens with one attached hydrogen (secondary N) is 2. The molecule has 5 heteroatoms. The molecule has 0 aliphatic carbocycles. The third kappa shape index (κ3) is 5.96. The fourth-order valence-corrected chi connectivity index (χ4v) is 2.90. The second-order valence-electron chi connectivity index (χ2n) is 6.57. The predicted octanol–water partition coefficient (Wildman–Crippen LogP) is 2.62. The Morgan fingerprint density at radius 2 is 2.00 bits per heavy atom. The summed E-state index contributed by atoms with van der Waals surface area (Å²) in [6, 6.07) is 5.92. The Morgan fingerprint density at radius 3 is 2.79 bits per heavy atom. The zero-order chi connectivity index (χ0) is 17.4. The first kappa shape index (κ1) is 18.5. The minimum atomic E-state index is -0.0379. The quantitative estimate of drug-likeness (QED) is 0.755. The number of rotatable bonds is 7. The maximum absolute atomic E-state index is 11.9. The summed E-state index contributed by atoms with van der Waals surface area (Å²) in [6.45, 7) is 6.78. The minimum absolute atomic E-state index is 0.0379. The summed E-state index contributed by atoms with van der Waals surface area (Å²) in [5.41, 5.74) is 3.22. The highest BCUT2D eigenvalue weighted by Crippen LogP contribution is 2.14. The molecule has 1 fully saturated rings. The highest BCUT2D eigenvalue weighted by atomic mass is 16.2. The van der Waals surface area contributed by atoms with Crippen molar-refractivity contribution >= 4 is 17.5 Å². The second kappa shape index (κ2) is 9.42. The molecule has 1 aliphatic rings. The summed E-state index contributed by atoms with van der Waals surface area (Å²) < 4.78 is 0. The number of amides is 2. The molecular formula is C19H29N3O2. The van der Waals surface area contributed by atoms with Gasteiger partial charge in [0.25, 0.3) is 0 Å². The van der Waals surface area contributed by atoms with E-state index in [9.17, 15) is 9.59 Å². The standard InChI is InChI=1S/C19H29N3O2/c1-15-8-9-17(13-16(15)2)21-18(23)14-20-10-6-12-22-11-5-3-4-7-19(22)24/h8-9,13,20H,3-7,10-12,14H2,1-2H3,(H,21,23). The van der Waals surface area contributed by atoms with Crippen molar-refractivity contribution in [2.45, 2.75) is 46.0 Å². The fraction of sp³-hybridized carbons (Fsp3) is 0.579. The molecule has 0 radical (unpaired) electrons. The molecule has 0 aromatic heterocycles. The van der Waals surface area contributed by atoms with Gasteiger partial charge in [0.1, 0.15) is 0 Å². The van der Waals surface area contributed by atoms with Crippen LogP contribution in [0.2, 0.25) is 0 Å². The minimum Gasteiger partial charge on any atom is -0.343 e. The van der Waals surface area contributed by atoms with Crippen LogP contribution in [0.1, 0.15) is 43.2 Å². The Labute approximate surface area is 144 Å². The second-order valence-corrected chi connectivity index (χ2v) is 6.57. The third-order valence-electron chi connectivity index (χ3n) is 4.53. The molecule has 1 saturated heterocycles. The van der Waals surface area contributed by atoms with Gasteiger partial charge >= 0.3 is 0 Å². The van der Waals surface area contributed by atoms with E-state index in [4.69, 9.17) is 0 Å². The molecule has 0 bridgehead atoms. The molecule has 2 N–H and O–H groups in total. The summed E-state index contributed by atoms with van der Waals surface area (Å²) in [4.78, 5) is 25.8. The van der Waals surface area contributed by atoms with Crippen molar-refractivity contribution in [3.63, 3.8) is 0 Å². The molecule has 1 aromatic carbocycles. The summed E-state index contributed by atoms with van der Waals surface area (Å²) in [5, 5.41) is 6.05. The van der Waals surface area contributed by atoms with Gasteiger partial charge in [0, 0.05) is 25.2 Å². The molecule has 1 aromatic rings. The zero-order valence-corrected chi connectivity index (χ0v) is 14.9. The Morgan fingerprint density at radius 1 is 1.17 bits per heavy atom. The lowest BCUT2D eigenvalue weighted by molar-refractivity contribution is -0.130. The van der Waals surface area contributed by atoms with Crippen LogP contribution in [0, 0.1) is 13.8 Å². The maximum atomic E-state index is 11.9. The Kier molecular flexibility index (Phi) is 7.25. The highest BCUT2D eigenvalue weighted by Gasteiger charge is 2.15. The van der Waals surface area contributed by atoms with E-state index in [1.165, 1.54) is 11.1 Å². The van der Waals surface area contributed by atoms with Gasteiger partial charge in [0.2, 0.25) is 11.8 Å².